The number of benzene rings is 2. The Morgan fingerprint density at radius 1 is 1.25 bits per heavy atom. The molecule has 0 radical (unpaired) electrons. The number of H-pyrrole nitrogens is 1. The van der Waals surface area contributed by atoms with Crippen molar-refractivity contribution in [3.63, 3.8) is 0 Å². The number of aromatic amines is 1. The normalized spacial score (nSPS) is 13.8. The van der Waals surface area contributed by atoms with Crippen molar-refractivity contribution in [3.05, 3.63) is 64.6 Å². The third-order valence-corrected chi connectivity index (χ3v) is 4.67. The van der Waals surface area contributed by atoms with Gasteiger partial charge in [0.1, 0.15) is 5.82 Å². The second-order valence-electron chi connectivity index (χ2n) is 5.88. The van der Waals surface area contributed by atoms with E-state index in [-0.39, 0.29) is 11.1 Å². The van der Waals surface area contributed by atoms with Crippen molar-refractivity contribution in [3.8, 4) is 0 Å². The summed E-state index contributed by atoms with van der Waals surface area (Å²) in [6.45, 7) is 1.25. The number of hydrogen-bond donors (Lipinski definition) is 2. The van der Waals surface area contributed by atoms with Crippen molar-refractivity contribution in [2.45, 2.75) is 13.0 Å². The zero-order valence-corrected chi connectivity index (χ0v) is 13.5. The average Bonchev–Trinajstić information content (AvgIpc) is 2.96. The van der Waals surface area contributed by atoms with Crippen LogP contribution in [-0.2, 0) is 13.0 Å². The van der Waals surface area contributed by atoms with Gasteiger partial charge in [-0.1, -0.05) is 35.9 Å². The first-order chi connectivity index (χ1) is 11.6. The largest absolute Gasteiger partial charge is 0.359 e. The molecular formula is C18H15ClFN3O. The summed E-state index contributed by atoms with van der Waals surface area (Å²) in [6, 6.07) is 10.8. The van der Waals surface area contributed by atoms with Gasteiger partial charge < -0.3 is 15.2 Å². The number of carbonyl (C=O) groups is 1. The molecule has 6 heteroatoms. The van der Waals surface area contributed by atoms with Gasteiger partial charge in [0, 0.05) is 24.7 Å². The Balaban J connectivity index is 1.56. The highest BCUT2D eigenvalue weighted by molar-refractivity contribution is 6.31. The summed E-state index contributed by atoms with van der Waals surface area (Å²) in [5.74, 6) is -0.489. The second kappa shape index (κ2) is 5.83. The molecule has 2 N–H and O–H groups in total. The fourth-order valence-corrected chi connectivity index (χ4v) is 3.25. The fraction of sp³-hybridized carbons (Fsp3) is 0.167. The van der Waals surface area contributed by atoms with Gasteiger partial charge in [0.15, 0.2) is 0 Å². The average molecular weight is 344 g/mol. The first-order valence-electron chi connectivity index (χ1n) is 7.70. The molecule has 1 aliphatic heterocycles. The molecule has 0 aliphatic carbocycles. The molecule has 0 atom stereocenters. The number of carbonyl (C=O) groups excluding carboxylic acids is 1. The summed E-state index contributed by atoms with van der Waals surface area (Å²) < 4.78 is 13.5. The summed E-state index contributed by atoms with van der Waals surface area (Å²) >= 11 is 5.85. The highest BCUT2D eigenvalue weighted by atomic mass is 35.5. The van der Waals surface area contributed by atoms with Crippen LogP contribution < -0.4 is 5.32 Å². The van der Waals surface area contributed by atoms with E-state index >= 15 is 0 Å². The van der Waals surface area contributed by atoms with Crippen LogP contribution in [-0.4, -0.2) is 22.5 Å². The van der Waals surface area contributed by atoms with Gasteiger partial charge in [-0.25, -0.2) is 9.18 Å². The van der Waals surface area contributed by atoms with Gasteiger partial charge in [0.2, 0.25) is 0 Å². The van der Waals surface area contributed by atoms with Crippen LogP contribution in [0.3, 0.4) is 0 Å². The summed E-state index contributed by atoms with van der Waals surface area (Å²) in [4.78, 5) is 17.3. The van der Waals surface area contributed by atoms with E-state index in [1.807, 2.05) is 18.2 Å². The number of urea groups is 1. The van der Waals surface area contributed by atoms with Crippen molar-refractivity contribution in [1.29, 1.82) is 0 Å². The first kappa shape index (κ1) is 15.0. The van der Waals surface area contributed by atoms with Gasteiger partial charge in [-0.05, 0) is 29.7 Å². The van der Waals surface area contributed by atoms with Gasteiger partial charge in [-0.3, -0.25) is 0 Å². The van der Waals surface area contributed by atoms with Crippen LogP contribution in [0.2, 0.25) is 5.02 Å². The Bertz CT molecular complexity index is 937. The highest BCUT2D eigenvalue weighted by Crippen LogP contribution is 2.29. The van der Waals surface area contributed by atoms with E-state index in [2.05, 4.69) is 16.4 Å². The smallest absolute Gasteiger partial charge is 0.322 e. The number of hydrogen-bond acceptors (Lipinski definition) is 1. The van der Waals surface area contributed by atoms with Crippen molar-refractivity contribution in [1.82, 2.24) is 9.88 Å². The topological polar surface area (TPSA) is 48.1 Å². The number of nitrogens with one attached hydrogen (secondary N) is 2. The number of aromatic nitrogens is 1. The van der Waals surface area contributed by atoms with Crippen LogP contribution in [0.15, 0.2) is 42.6 Å². The van der Waals surface area contributed by atoms with Crippen molar-refractivity contribution in [2.24, 2.45) is 0 Å². The van der Waals surface area contributed by atoms with Crippen molar-refractivity contribution in [2.75, 3.05) is 11.9 Å². The standard InChI is InChI=1S/C18H15ClFN3O/c19-14-7-13-16(8-15(14)20)21-9-17(13)22-18(24)23-6-5-11-3-1-2-4-12(11)10-23/h1-4,7-9,21H,5-6,10H2,(H,22,24). The number of rotatable bonds is 1. The van der Waals surface area contributed by atoms with E-state index in [0.717, 1.165) is 6.42 Å². The van der Waals surface area contributed by atoms with E-state index in [1.165, 1.54) is 23.3 Å². The van der Waals surface area contributed by atoms with Gasteiger partial charge >= 0.3 is 6.03 Å². The number of anilines is 1. The number of nitrogens with zero attached hydrogens (tertiary/aromatic N) is 1. The Morgan fingerprint density at radius 2 is 2.04 bits per heavy atom. The Kier molecular flexibility index (Phi) is 3.65. The third-order valence-electron chi connectivity index (χ3n) is 4.38. The van der Waals surface area contributed by atoms with Crippen LogP contribution in [0.5, 0.6) is 0 Å². The lowest BCUT2D eigenvalue weighted by Gasteiger charge is -2.28. The molecule has 0 unspecified atom stereocenters. The molecule has 2 aromatic carbocycles. The van der Waals surface area contributed by atoms with E-state index in [4.69, 9.17) is 11.6 Å². The number of amides is 2. The van der Waals surface area contributed by atoms with Crippen molar-refractivity contribution < 1.29 is 9.18 Å². The zero-order valence-electron chi connectivity index (χ0n) is 12.8. The minimum Gasteiger partial charge on any atom is -0.359 e. The van der Waals surface area contributed by atoms with Crippen molar-refractivity contribution >= 4 is 34.2 Å². The maximum absolute atomic E-state index is 13.5. The molecule has 2 heterocycles. The molecule has 0 saturated heterocycles. The van der Waals surface area contributed by atoms with E-state index < -0.39 is 5.82 Å². The molecule has 1 aromatic heterocycles. The van der Waals surface area contributed by atoms with Crippen LogP contribution in [0, 0.1) is 5.82 Å². The van der Waals surface area contributed by atoms with E-state index in [0.29, 0.717) is 29.7 Å². The number of halogens is 2. The lowest BCUT2D eigenvalue weighted by Crippen LogP contribution is -2.38. The van der Waals surface area contributed by atoms with Crippen LogP contribution in [0.4, 0.5) is 14.9 Å². The minimum atomic E-state index is -0.489. The lowest BCUT2D eigenvalue weighted by molar-refractivity contribution is 0.206. The maximum Gasteiger partial charge on any atom is 0.322 e. The molecule has 4 rings (SSSR count). The molecule has 2 amide bonds. The summed E-state index contributed by atoms with van der Waals surface area (Å²) in [7, 11) is 0. The molecule has 3 aromatic rings. The summed E-state index contributed by atoms with van der Waals surface area (Å²) in [5.41, 5.74) is 3.64. The van der Waals surface area contributed by atoms with Crippen LogP contribution in [0.25, 0.3) is 10.9 Å². The number of fused-ring (bicyclic) bond motifs is 2. The predicted molar refractivity (Wildman–Crippen MR) is 92.8 cm³/mol. The molecule has 122 valence electrons. The Labute approximate surface area is 143 Å². The van der Waals surface area contributed by atoms with Crippen LogP contribution >= 0.6 is 11.6 Å². The highest BCUT2D eigenvalue weighted by Gasteiger charge is 2.21. The molecule has 1 aliphatic rings. The third kappa shape index (κ3) is 2.61. The Hall–Kier alpha value is -2.53. The van der Waals surface area contributed by atoms with Gasteiger partial charge in [-0.15, -0.1) is 0 Å². The molecule has 4 nitrogen and oxygen atoms in total. The molecule has 0 spiro atoms. The lowest BCUT2D eigenvalue weighted by atomic mass is 10.0. The SMILES string of the molecule is O=C(Nc1c[nH]c2cc(F)c(Cl)cc12)N1CCc2ccccc2C1. The summed E-state index contributed by atoms with van der Waals surface area (Å²) in [5, 5.41) is 3.61. The quantitative estimate of drug-likeness (QED) is 0.669. The second-order valence-corrected chi connectivity index (χ2v) is 6.29. The first-order valence-corrected chi connectivity index (χ1v) is 8.08. The molecule has 0 bridgehead atoms. The maximum atomic E-state index is 13.5. The molecule has 24 heavy (non-hydrogen) atoms. The molecule has 0 fully saturated rings. The van der Waals surface area contributed by atoms with E-state index in [9.17, 15) is 9.18 Å². The molecule has 0 saturated carbocycles. The van der Waals surface area contributed by atoms with Gasteiger partial charge in [-0.2, -0.15) is 0 Å². The minimum absolute atomic E-state index is 0.0319. The predicted octanol–water partition coefficient (Wildman–Crippen LogP) is 4.55. The van der Waals surface area contributed by atoms with Gasteiger partial charge in [0.05, 0.1) is 16.2 Å². The fourth-order valence-electron chi connectivity index (χ4n) is 3.08. The summed E-state index contributed by atoms with van der Waals surface area (Å²) in [6.07, 6.45) is 2.49. The Morgan fingerprint density at radius 3 is 2.88 bits per heavy atom. The zero-order chi connectivity index (χ0) is 16.7. The molecular weight excluding hydrogens is 329 g/mol. The van der Waals surface area contributed by atoms with Crippen LogP contribution in [0.1, 0.15) is 11.1 Å². The van der Waals surface area contributed by atoms with E-state index in [1.54, 1.807) is 11.1 Å². The monoisotopic (exact) mass is 343 g/mol. The van der Waals surface area contributed by atoms with Gasteiger partial charge in [0.25, 0.3) is 0 Å².